The van der Waals surface area contributed by atoms with Crippen molar-refractivity contribution in [3.63, 3.8) is 0 Å². The third-order valence-electron chi connectivity index (χ3n) is 4.89. The fourth-order valence-corrected chi connectivity index (χ4v) is 4.75. The molecule has 0 fully saturated rings. The number of allylic oxidation sites excluding steroid dienone is 1. The maximum absolute atomic E-state index is 12.1. The van der Waals surface area contributed by atoms with Crippen LogP contribution >= 0.6 is 11.8 Å². The second-order valence-corrected chi connectivity index (χ2v) is 7.85. The molecule has 0 saturated carbocycles. The van der Waals surface area contributed by atoms with E-state index >= 15 is 0 Å². The van der Waals surface area contributed by atoms with Crippen molar-refractivity contribution < 1.29 is 4.79 Å². The van der Waals surface area contributed by atoms with Crippen molar-refractivity contribution in [3.05, 3.63) is 76.9 Å². The molecule has 28 heavy (non-hydrogen) atoms. The van der Waals surface area contributed by atoms with Gasteiger partial charge in [0.1, 0.15) is 0 Å². The topological polar surface area (TPSA) is 47.8 Å². The number of nitrogens with zero attached hydrogens (tertiary/aromatic N) is 3. The van der Waals surface area contributed by atoms with E-state index in [4.69, 9.17) is 0 Å². The summed E-state index contributed by atoms with van der Waals surface area (Å²) in [6, 6.07) is 12.2. The first-order chi connectivity index (χ1) is 13.4. The lowest BCUT2D eigenvalue weighted by molar-refractivity contribution is 0.101. The van der Waals surface area contributed by atoms with Crippen LogP contribution in [0.2, 0.25) is 0 Å². The van der Waals surface area contributed by atoms with Crippen molar-refractivity contribution in [2.75, 3.05) is 0 Å². The maximum Gasteiger partial charge on any atom is 0.192 e. The Morgan fingerprint density at radius 3 is 2.50 bits per heavy atom. The van der Waals surface area contributed by atoms with E-state index in [9.17, 15) is 4.79 Å². The van der Waals surface area contributed by atoms with Crippen molar-refractivity contribution in [1.82, 2.24) is 14.8 Å². The first-order valence-corrected chi connectivity index (χ1v) is 10.3. The highest BCUT2D eigenvalue weighted by molar-refractivity contribution is 7.98. The Morgan fingerprint density at radius 2 is 1.86 bits per heavy atom. The van der Waals surface area contributed by atoms with E-state index in [1.54, 1.807) is 18.7 Å². The fourth-order valence-electron chi connectivity index (χ4n) is 3.62. The van der Waals surface area contributed by atoms with Crippen molar-refractivity contribution in [2.24, 2.45) is 0 Å². The smallest absolute Gasteiger partial charge is 0.192 e. The molecule has 1 heterocycles. The Morgan fingerprint density at radius 1 is 1.14 bits per heavy atom. The van der Waals surface area contributed by atoms with Crippen molar-refractivity contribution in [2.45, 2.75) is 45.1 Å². The fraction of sp³-hybridized carbons (Fsp3) is 0.261. The van der Waals surface area contributed by atoms with Gasteiger partial charge in [-0.25, -0.2) is 0 Å². The summed E-state index contributed by atoms with van der Waals surface area (Å²) in [4.78, 5) is 12.1. The molecule has 0 saturated heterocycles. The van der Waals surface area contributed by atoms with Gasteiger partial charge in [0, 0.05) is 23.4 Å². The largest absolute Gasteiger partial charge is 0.298 e. The number of hydrogen-bond donors (Lipinski definition) is 0. The van der Waals surface area contributed by atoms with Crippen LogP contribution in [0.4, 0.5) is 0 Å². The molecule has 3 aromatic rings. The van der Waals surface area contributed by atoms with Gasteiger partial charge in [-0.2, -0.15) is 0 Å². The highest BCUT2D eigenvalue weighted by Crippen LogP contribution is 2.31. The Hall–Kier alpha value is -2.66. The summed E-state index contributed by atoms with van der Waals surface area (Å²) in [5.74, 6) is 1.69. The molecule has 4 nitrogen and oxygen atoms in total. The average molecular weight is 392 g/mol. The summed E-state index contributed by atoms with van der Waals surface area (Å²) in [6.45, 7) is 12.3. The SMILES string of the molecule is C=CCn1c(SCc2c(C)cc(C)c(C(C)=O)c2C)nnc1-c1ccccc1. The Labute approximate surface area is 170 Å². The summed E-state index contributed by atoms with van der Waals surface area (Å²) in [5, 5.41) is 9.68. The van der Waals surface area contributed by atoms with E-state index in [1.165, 1.54) is 11.1 Å². The number of rotatable bonds is 7. The molecule has 3 rings (SSSR count). The maximum atomic E-state index is 12.1. The van der Waals surface area contributed by atoms with Crippen LogP contribution in [0.15, 0.2) is 54.2 Å². The van der Waals surface area contributed by atoms with Crippen LogP contribution < -0.4 is 0 Å². The number of aromatic nitrogens is 3. The number of Topliss-reactive ketones (excluding diaryl/α,β-unsaturated/α-hetero) is 1. The summed E-state index contributed by atoms with van der Waals surface area (Å²) >= 11 is 1.64. The zero-order valence-electron chi connectivity index (χ0n) is 16.8. The minimum atomic E-state index is 0.113. The second-order valence-electron chi connectivity index (χ2n) is 6.91. The normalized spacial score (nSPS) is 10.9. The van der Waals surface area contributed by atoms with E-state index in [1.807, 2.05) is 50.3 Å². The number of carbonyl (C=O) groups is 1. The number of ketones is 1. The van der Waals surface area contributed by atoms with Crippen molar-refractivity contribution >= 4 is 17.5 Å². The van der Waals surface area contributed by atoms with Gasteiger partial charge in [-0.05, 0) is 49.9 Å². The molecule has 0 aliphatic heterocycles. The minimum Gasteiger partial charge on any atom is -0.298 e. The zero-order chi connectivity index (χ0) is 20.3. The standard InChI is InChI=1S/C23H25N3OS/c1-6-12-26-22(19-10-8-7-9-11-19)24-25-23(26)28-14-20-15(2)13-16(3)21(17(20)4)18(5)27/h6-11,13H,1,12,14H2,2-5H3. The third-order valence-corrected chi connectivity index (χ3v) is 5.88. The van der Waals surface area contributed by atoms with Crippen LogP contribution in [0.5, 0.6) is 0 Å². The predicted molar refractivity (Wildman–Crippen MR) is 116 cm³/mol. The van der Waals surface area contributed by atoms with Gasteiger partial charge in [0.2, 0.25) is 0 Å². The molecule has 0 atom stereocenters. The van der Waals surface area contributed by atoms with Gasteiger partial charge in [0.15, 0.2) is 16.8 Å². The monoisotopic (exact) mass is 391 g/mol. The molecule has 0 aliphatic rings. The molecular formula is C23H25N3OS. The Balaban J connectivity index is 1.94. The Kier molecular flexibility index (Phi) is 6.15. The molecule has 0 bridgehead atoms. The van der Waals surface area contributed by atoms with Crippen LogP contribution in [0.1, 0.15) is 39.5 Å². The molecule has 0 unspecified atom stereocenters. The summed E-state index contributed by atoms with van der Waals surface area (Å²) < 4.78 is 2.08. The van der Waals surface area contributed by atoms with Gasteiger partial charge in [-0.15, -0.1) is 16.8 Å². The first-order valence-electron chi connectivity index (χ1n) is 9.27. The highest BCUT2D eigenvalue weighted by Gasteiger charge is 2.17. The number of thioether (sulfide) groups is 1. The molecule has 0 aliphatic carbocycles. The first kappa shape index (κ1) is 20.1. The molecule has 0 N–H and O–H groups in total. The molecule has 0 amide bonds. The molecule has 0 radical (unpaired) electrons. The number of carbonyl (C=O) groups excluding carboxylic acids is 1. The van der Waals surface area contributed by atoms with Crippen LogP contribution in [-0.2, 0) is 12.3 Å². The summed E-state index contributed by atoms with van der Waals surface area (Å²) in [5.41, 5.74) is 6.36. The van der Waals surface area contributed by atoms with Gasteiger partial charge in [0.05, 0.1) is 0 Å². The zero-order valence-corrected chi connectivity index (χ0v) is 17.6. The molecule has 144 valence electrons. The van der Waals surface area contributed by atoms with E-state index in [2.05, 4.69) is 34.3 Å². The van der Waals surface area contributed by atoms with Crippen molar-refractivity contribution in [1.29, 1.82) is 0 Å². The lowest BCUT2D eigenvalue weighted by atomic mass is 9.92. The predicted octanol–water partition coefficient (Wildman–Crippen LogP) is 5.55. The van der Waals surface area contributed by atoms with E-state index in [0.717, 1.165) is 39.0 Å². The van der Waals surface area contributed by atoms with Gasteiger partial charge in [0.25, 0.3) is 0 Å². The molecule has 1 aromatic heterocycles. The number of hydrogen-bond acceptors (Lipinski definition) is 4. The Bertz CT molecular complexity index is 1020. The van der Waals surface area contributed by atoms with Gasteiger partial charge < -0.3 is 0 Å². The van der Waals surface area contributed by atoms with Crippen LogP contribution in [-0.4, -0.2) is 20.5 Å². The molecule has 0 spiro atoms. The van der Waals surface area contributed by atoms with E-state index in [0.29, 0.717) is 6.54 Å². The van der Waals surface area contributed by atoms with Crippen molar-refractivity contribution in [3.8, 4) is 11.4 Å². The van der Waals surface area contributed by atoms with Crippen LogP contribution in [0.3, 0.4) is 0 Å². The minimum absolute atomic E-state index is 0.113. The van der Waals surface area contributed by atoms with Crippen LogP contribution in [0.25, 0.3) is 11.4 Å². The van der Waals surface area contributed by atoms with E-state index in [-0.39, 0.29) is 5.78 Å². The lowest BCUT2D eigenvalue weighted by Gasteiger charge is -2.16. The summed E-state index contributed by atoms with van der Waals surface area (Å²) in [7, 11) is 0. The van der Waals surface area contributed by atoms with Gasteiger partial charge >= 0.3 is 0 Å². The van der Waals surface area contributed by atoms with E-state index < -0.39 is 0 Å². The molecule has 5 heteroatoms. The van der Waals surface area contributed by atoms with Gasteiger partial charge in [-0.3, -0.25) is 9.36 Å². The number of aryl methyl sites for hydroxylation is 2. The lowest BCUT2D eigenvalue weighted by Crippen LogP contribution is -2.06. The molecule has 2 aromatic carbocycles. The average Bonchev–Trinajstić information content (AvgIpc) is 3.04. The third kappa shape index (κ3) is 3.94. The van der Waals surface area contributed by atoms with Gasteiger partial charge in [-0.1, -0.05) is 54.2 Å². The van der Waals surface area contributed by atoms with Crippen LogP contribution in [0, 0.1) is 20.8 Å². The second kappa shape index (κ2) is 8.57. The quantitative estimate of drug-likeness (QED) is 0.301. The molecular weight excluding hydrogens is 366 g/mol. The highest BCUT2D eigenvalue weighted by atomic mass is 32.2. The summed E-state index contributed by atoms with van der Waals surface area (Å²) in [6.07, 6.45) is 1.86. The number of benzene rings is 2.